The third kappa shape index (κ3) is 4.42. The maximum absolute atomic E-state index is 7.75. The molecule has 4 aromatic heterocycles. The molecule has 0 fully saturated rings. The van der Waals surface area contributed by atoms with Crippen LogP contribution < -0.4 is 0 Å². The van der Waals surface area contributed by atoms with Gasteiger partial charge in [-0.1, -0.05) is 103 Å². The Balaban J connectivity index is 1.07. The van der Waals surface area contributed by atoms with Gasteiger partial charge in [0.05, 0.1) is 45.4 Å². The molecule has 60 heavy (non-hydrogen) atoms. The maximum atomic E-state index is 7.75. The van der Waals surface area contributed by atoms with Crippen LogP contribution in [-0.2, 0) is 5.41 Å². The Bertz CT molecular complexity index is 3670. The number of benzene rings is 7. The van der Waals surface area contributed by atoms with Crippen LogP contribution in [0.5, 0.6) is 0 Å². The molecule has 0 radical (unpaired) electrons. The van der Waals surface area contributed by atoms with Gasteiger partial charge in [-0.15, -0.1) is 0 Å². The van der Waals surface area contributed by atoms with Crippen LogP contribution in [0.25, 0.3) is 82.3 Å². The fourth-order valence-electron chi connectivity index (χ4n) is 10.2. The van der Waals surface area contributed by atoms with Gasteiger partial charge in [-0.05, 0) is 113 Å². The Morgan fingerprint density at radius 1 is 0.450 bits per heavy atom. The third-order valence-electron chi connectivity index (χ3n) is 12.7. The number of fused-ring (bicyclic) bond motifs is 15. The summed E-state index contributed by atoms with van der Waals surface area (Å²) < 4.78 is 4.71. The van der Waals surface area contributed by atoms with Gasteiger partial charge in [-0.2, -0.15) is 0 Å². The smallest absolute Gasteiger partial charge is 0.188 e. The van der Waals surface area contributed by atoms with Gasteiger partial charge in [0.2, 0.25) is 0 Å². The molecule has 0 saturated heterocycles. The van der Waals surface area contributed by atoms with Crippen LogP contribution >= 0.6 is 11.8 Å². The zero-order valence-electron chi connectivity index (χ0n) is 32.0. The number of aromatic nitrogens is 4. The van der Waals surface area contributed by atoms with Crippen molar-refractivity contribution in [2.45, 2.75) is 15.2 Å². The summed E-state index contributed by atoms with van der Waals surface area (Å²) >= 11 is 1.83. The van der Waals surface area contributed by atoms with Crippen LogP contribution in [0.4, 0.5) is 5.69 Å². The van der Waals surface area contributed by atoms with Crippen molar-refractivity contribution in [3.63, 3.8) is 0 Å². The summed E-state index contributed by atoms with van der Waals surface area (Å²) in [4.78, 5) is 16.6. The topological polar surface area (TPSA) is 40.0 Å². The van der Waals surface area contributed by atoms with Crippen molar-refractivity contribution in [3.05, 3.63) is 222 Å². The monoisotopic (exact) mass is 781 g/mol. The Labute approximate surface area is 349 Å². The van der Waals surface area contributed by atoms with Gasteiger partial charge >= 0.3 is 0 Å². The molecule has 1 aliphatic carbocycles. The second-order valence-electron chi connectivity index (χ2n) is 15.6. The van der Waals surface area contributed by atoms with Gasteiger partial charge < -0.3 is 9.13 Å². The number of pyridine rings is 2. The molecule has 13 rings (SSSR count). The number of hydrogen-bond acceptors (Lipinski definition) is 3. The summed E-state index contributed by atoms with van der Waals surface area (Å²) in [5.74, 6) is 0. The average Bonchev–Trinajstić information content (AvgIpc) is 3.93. The molecule has 1 aliphatic heterocycles. The summed E-state index contributed by atoms with van der Waals surface area (Å²) in [5, 5.41) is 4.62. The standard InChI is InChI=1S/C54H31N5S/c1-55-35-22-25-49-41(30-35)39-15-6-9-19-47(39)59(49)37-23-26-51-44(31-37)54(42-16-7-10-20-50(42)60-51)43-17-11-27-56-52(43)53-45(54)29-34(32-57-53)33-21-24-48-40(28-33)38-14-5-8-18-46(38)58(48)36-12-3-2-4-13-36/h2-32H. The fourth-order valence-corrected chi connectivity index (χ4v) is 11.4. The first-order chi connectivity index (χ1) is 29.7. The summed E-state index contributed by atoms with van der Waals surface area (Å²) in [6, 6.07) is 63.2. The SMILES string of the molecule is [C-]#[N+]c1ccc2c(c1)c1ccccc1n2-c1ccc2c(c1)C1(c3ccccc3S2)c2cccnc2-c2ncc(-c3ccc4c(c3)c3ccccc3n4-c3ccccc3)cc21. The van der Waals surface area contributed by atoms with E-state index in [1.165, 1.54) is 42.7 Å². The lowest BCUT2D eigenvalue weighted by atomic mass is 9.67. The van der Waals surface area contributed by atoms with E-state index < -0.39 is 5.41 Å². The van der Waals surface area contributed by atoms with Crippen molar-refractivity contribution < 1.29 is 0 Å². The lowest BCUT2D eigenvalue weighted by Crippen LogP contribution is -2.32. The second kappa shape index (κ2) is 12.4. The van der Waals surface area contributed by atoms with Crippen molar-refractivity contribution in [2.24, 2.45) is 0 Å². The molecule has 0 saturated carbocycles. The van der Waals surface area contributed by atoms with Gasteiger partial charge in [0, 0.05) is 60.8 Å². The quantitative estimate of drug-likeness (QED) is 0.168. The van der Waals surface area contributed by atoms with Crippen LogP contribution in [0, 0.1) is 6.57 Å². The van der Waals surface area contributed by atoms with Crippen LogP contribution in [0.2, 0.25) is 0 Å². The van der Waals surface area contributed by atoms with E-state index >= 15 is 0 Å². The average molecular weight is 782 g/mol. The first-order valence-electron chi connectivity index (χ1n) is 20.1. The summed E-state index contributed by atoms with van der Waals surface area (Å²) in [7, 11) is 0. The maximum Gasteiger partial charge on any atom is 0.188 e. The van der Waals surface area contributed by atoms with E-state index in [0.717, 1.165) is 66.8 Å². The largest absolute Gasteiger partial charge is 0.309 e. The van der Waals surface area contributed by atoms with Crippen molar-refractivity contribution in [3.8, 4) is 33.9 Å². The summed E-state index contributed by atoms with van der Waals surface area (Å²) in [6.07, 6.45) is 3.92. The molecule has 5 heterocycles. The van der Waals surface area contributed by atoms with Crippen molar-refractivity contribution in [1.29, 1.82) is 0 Å². The molecule has 6 heteroatoms. The summed E-state index contributed by atoms with van der Waals surface area (Å²) in [6.45, 7) is 7.75. The molecular formula is C54H31N5S. The highest BCUT2D eigenvalue weighted by Gasteiger charge is 2.52. The minimum Gasteiger partial charge on any atom is -0.309 e. The Hall–Kier alpha value is -7.72. The second-order valence-corrected chi connectivity index (χ2v) is 16.7. The van der Waals surface area contributed by atoms with Crippen LogP contribution in [0.15, 0.2) is 198 Å². The molecule has 0 amide bonds. The molecular weight excluding hydrogens is 751 g/mol. The van der Waals surface area contributed by atoms with E-state index in [2.05, 4.69) is 178 Å². The predicted molar refractivity (Wildman–Crippen MR) is 244 cm³/mol. The van der Waals surface area contributed by atoms with Crippen molar-refractivity contribution >= 4 is 61.1 Å². The Morgan fingerprint density at radius 2 is 1.10 bits per heavy atom. The van der Waals surface area contributed by atoms with E-state index in [1.54, 1.807) is 0 Å². The van der Waals surface area contributed by atoms with Crippen LogP contribution in [0.1, 0.15) is 22.3 Å². The molecule has 2 aliphatic rings. The van der Waals surface area contributed by atoms with E-state index in [0.29, 0.717) is 5.69 Å². The lowest BCUT2D eigenvalue weighted by molar-refractivity contribution is 0.718. The highest BCUT2D eigenvalue weighted by molar-refractivity contribution is 7.99. The predicted octanol–water partition coefficient (Wildman–Crippen LogP) is 13.7. The zero-order chi connectivity index (χ0) is 39.5. The molecule has 7 aromatic carbocycles. The van der Waals surface area contributed by atoms with E-state index in [-0.39, 0.29) is 0 Å². The number of hydrogen-bond donors (Lipinski definition) is 0. The number of para-hydroxylation sites is 3. The van der Waals surface area contributed by atoms with E-state index in [4.69, 9.17) is 16.5 Å². The first kappa shape index (κ1) is 33.3. The number of rotatable bonds is 3. The molecule has 0 N–H and O–H groups in total. The molecule has 278 valence electrons. The normalized spacial score (nSPS) is 15.0. The fraction of sp³-hybridized carbons (Fsp3) is 0.0185. The first-order valence-corrected chi connectivity index (χ1v) is 20.9. The minimum atomic E-state index is -0.682. The van der Waals surface area contributed by atoms with Gasteiger partial charge in [-0.3, -0.25) is 9.97 Å². The van der Waals surface area contributed by atoms with Crippen LogP contribution in [0.3, 0.4) is 0 Å². The summed E-state index contributed by atoms with van der Waals surface area (Å²) in [5.41, 5.74) is 15.4. The molecule has 1 unspecified atom stereocenters. The van der Waals surface area contributed by atoms with Gasteiger partial charge in [0.15, 0.2) is 5.69 Å². The van der Waals surface area contributed by atoms with Crippen LogP contribution in [-0.4, -0.2) is 19.1 Å². The third-order valence-corrected chi connectivity index (χ3v) is 13.8. The highest BCUT2D eigenvalue weighted by atomic mass is 32.2. The molecule has 11 aromatic rings. The zero-order valence-corrected chi connectivity index (χ0v) is 32.9. The molecule has 1 spiro atoms. The lowest BCUT2D eigenvalue weighted by Gasteiger charge is -2.39. The van der Waals surface area contributed by atoms with Crippen molar-refractivity contribution in [2.75, 3.05) is 0 Å². The number of nitrogens with zero attached hydrogens (tertiary/aromatic N) is 5. The van der Waals surface area contributed by atoms with E-state index in [9.17, 15) is 0 Å². The molecule has 1 atom stereocenters. The van der Waals surface area contributed by atoms with Gasteiger partial charge in [-0.25, -0.2) is 4.85 Å². The van der Waals surface area contributed by atoms with Gasteiger partial charge in [0.25, 0.3) is 0 Å². The van der Waals surface area contributed by atoms with E-state index in [1.807, 2.05) is 36.3 Å². The highest BCUT2D eigenvalue weighted by Crippen LogP contribution is 2.62. The van der Waals surface area contributed by atoms with Gasteiger partial charge in [0.1, 0.15) is 0 Å². The Morgan fingerprint density at radius 3 is 1.92 bits per heavy atom. The Kier molecular flexibility index (Phi) is 6.87. The molecule has 0 bridgehead atoms. The van der Waals surface area contributed by atoms with Crippen molar-refractivity contribution in [1.82, 2.24) is 19.1 Å². The minimum absolute atomic E-state index is 0.638. The molecule has 5 nitrogen and oxygen atoms in total.